The molecule has 202 valence electrons. The fraction of sp³-hybridized carbons (Fsp3) is 0.536. The number of aryl methyl sites for hydroxylation is 3. The van der Waals surface area contributed by atoms with Gasteiger partial charge in [-0.25, -0.2) is 4.98 Å². The summed E-state index contributed by atoms with van der Waals surface area (Å²) in [7, 11) is 5.03. The zero-order valence-corrected chi connectivity index (χ0v) is 22.9. The predicted octanol–water partition coefficient (Wildman–Crippen LogP) is 3.43. The van der Waals surface area contributed by atoms with Crippen LogP contribution >= 0.6 is 0 Å². The second-order valence-electron chi connectivity index (χ2n) is 9.89. The average molecular weight is 514 g/mol. The van der Waals surface area contributed by atoms with Crippen molar-refractivity contribution in [2.24, 2.45) is 13.0 Å². The zero-order valence-electron chi connectivity index (χ0n) is 22.9. The Bertz CT molecular complexity index is 1240. The summed E-state index contributed by atoms with van der Waals surface area (Å²) in [4.78, 5) is 29.8. The first-order chi connectivity index (χ1) is 17.6. The van der Waals surface area contributed by atoms with E-state index < -0.39 is 12.0 Å². The number of methoxy groups -OCH3 is 2. The number of fused-ring (bicyclic) bond motifs is 1. The fourth-order valence-electron chi connectivity index (χ4n) is 4.65. The highest BCUT2D eigenvalue weighted by molar-refractivity contribution is 5.81. The number of hydrogen-bond acceptors (Lipinski definition) is 7. The van der Waals surface area contributed by atoms with Crippen LogP contribution < -0.4 is 5.56 Å². The molecule has 3 aromatic rings. The summed E-state index contributed by atoms with van der Waals surface area (Å²) in [5.41, 5.74) is 4.10. The smallest absolute Gasteiger partial charge is 0.311 e. The first-order valence-corrected chi connectivity index (χ1v) is 12.6. The van der Waals surface area contributed by atoms with Crippen molar-refractivity contribution in [3.05, 3.63) is 51.9 Å². The molecule has 1 aromatic carbocycles. The molecule has 3 rings (SSSR count). The third-order valence-electron chi connectivity index (χ3n) is 6.44. The Balaban J connectivity index is 2.04. The first-order valence-electron chi connectivity index (χ1n) is 12.6. The molecule has 0 spiro atoms. The van der Waals surface area contributed by atoms with Gasteiger partial charge in [-0.05, 0) is 64.3 Å². The van der Waals surface area contributed by atoms with Gasteiger partial charge in [-0.1, -0.05) is 6.07 Å². The van der Waals surface area contributed by atoms with Crippen LogP contribution in [-0.2, 0) is 32.5 Å². The van der Waals surface area contributed by atoms with E-state index in [4.69, 9.17) is 19.2 Å². The van der Waals surface area contributed by atoms with Crippen LogP contribution in [0.4, 0.5) is 0 Å². The highest BCUT2D eigenvalue weighted by atomic mass is 16.5. The number of carbonyl (C=O) groups is 1. The molecular formula is C28H39N3O6. The molecule has 0 aliphatic rings. The van der Waals surface area contributed by atoms with E-state index in [1.807, 2.05) is 24.3 Å². The van der Waals surface area contributed by atoms with Crippen molar-refractivity contribution in [3.63, 3.8) is 0 Å². The molecule has 2 heterocycles. The van der Waals surface area contributed by atoms with Gasteiger partial charge in [-0.2, -0.15) is 0 Å². The van der Waals surface area contributed by atoms with Gasteiger partial charge in [0, 0.05) is 38.6 Å². The van der Waals surface area contributed by atoms with Crippen molar-refractivity contribution in [1.29, 1.82) is 0 Å². The Hall–Kier alpha value is -3.01. The Morgan fingerprint density at radius 1 is 1.11 bits per heavy atom. The molecule has 0 amide bonds. The summed E-state index contributed by atoms with van der Waals surface area (Å²) in [5.74, 6) is -0.274. The van der Waals surface area contributed by atoms with E-state index in [0.717, 1.165) is 22.2 Å². The minimum atomic E-state index is -0.808. The molecule has 0 bridgehead atoms. The Labute approximate surface area is 218 Å². The quantitative estimate of drug-likeness (QED) is 0.370. The molecule has 2 atom stereocenters. The molecule has 0 aliphatic heterocycles. The summed E-state index contributed by atoms with van der Waals surface area (Å²) < 4.78 is 20.0. The summed E-state index contributed by atoms with van der Waals surface area (Å²) in [6.45, 7) is 7.85. The van der Waals surface area contributed by atoms with Crippen molar-refractivity contribution in [1.82, 2.24) is 14.1 Å². The summed E-state index contributed by atoms with van der Waals surface area (Å²) in [6.07, 6.45) is 1.79. The first kappa shape index (κ1) is 28.6. The summed E-state index contributed by atoms with van der Waals surface area (Å²) >= 11 is 0. The number of aliphatic hydroxyl groups is 1. The topological polar surface area (TPSA) is 105 Å². The molecule has 0 fully saturated rings. The van der Waals surface area contributed by atoms with Crippen LogP contribution in [0.15, 0.2) is 35.3 Å². The minimum absolute atomic E-state index is 0.0531. The van der Waals surface area contributed by atoms with E-state index in [9.17, 15) is 14.7 Å². The SMILES string of the molecule is COCC(COC)n1c(-c2cc(C)c(=O)n(C)c2)nc2cc(CC[C@@H](C(=O)OC(C)C)[C@H](C)O)ccc21. The number of hydrogen-bond donors (Lipinski definition) is 1. The standard InChI is InChI=1S/C28H39N3O6/c1-17(2)37-28(34)23(19(4)32)10-8-20-9-11-25-24(13-20)29-26(31(25)22(15-35-6)16-36-7)21-12-18(3)27(33)30(5)14-21/h9,11-14,17,19,22-23,32H,8,10,15-16H2,1-7H3/t19-,23+/m0/s1. The second-order valence-corrected chi connectivity index (χ2v) is 9.89. The lowest BCUT2D eigenvalue weighted by atomic mass is 9.95. The van der Waals surface area contributed by atoms with Gasteiger partial charge in [0.2, 0.25) is 0 Å². The van der Waals surface area contributed by atoms with Gasteiger partial charge in [0.1, 0.15) is 5.82 Å². The number of aliphatic hydroxyl groups excluding tert-OH is 1. The highest BCUT2D eigenvalue weighted by Crippen LogP contribution is 2.30. The van der Waals surface area contributed by atoms with Crippen LogP contribution in [0.3, 0.4) is 0 Å². The van der Waals surface area contributed by atoms with Crippen LogP contribution in [0.1, 0.15) is 44.4 Å². The van der Waals surface area contributed by atoms with Gasteiger partial charge in [0.15, 0.2) is 0 Å². The molecule has 9 nitrogen and oxygen atoms in total. The van der Waals surface area contributed by atoms with Gasteiger partial charge in [-0.3, -0.25) is 9.59 Å². The molecule has 0 saturated carbocycles. The maximum absolute atomic E-state index is 12.5. The maximum Gasteiger partial charge on any atom is 0.311 e. The minimum Gasteiger partial charge on any atom is -0.463 e. The number of imidazole rings is 1. The third-order valence-corrected chi connectivity index (χ3v) is 6.44. The molecule has 0 unspecified atom stereocenters. The molecule has 0 aliphatic carbocycles. The highest BCUT2D eigenvalue weighted by Gasteiger charge is 2.26. The van der Waals surface area contributed by atoms with Crippen molar-refractivity contribution in [2.75, 3.05) is 27.4 Å². The van der Waals surface area contributed by atoms with E-state index in [1.54, 1.807) is 59.7 Å². The van der Waals surface area contributed by atoms with Gasteiger partial charge in [0.05, 0.1) is 48.4 Å². The van der Waals surface area contributed by atoms with Crippen LogP contribution in [0, 0.1) is 12.8 Å². The molecule has 0 radical (unpaired) electrons. The molecule has 1 N–H and O–H groups in total. The molecule has 0 saturated heterocycles. The Morgan fingerprint density at radius 2 is 1.78 bits per heavy atom. The third kappa shape index (κ3) is 6.66. The average Bonchev–Trinajstić information content (AvgIpc) is 3.20. The number of aromatic nitrogens is 3. The monoisotopic (exact) mass is 513 g/mol. The van der Waals surface area contributed by atoms with E-state index in [0.29, 0.717) is 37.4 Å². The fourth-order valence-corrected chi connectivity index (χ4v) is 4.65. The van der Waals surface area contributed by atoms with Crippen LogP contribution in [0.5, 0.6) is 0 Å². The molecular weight excluding hydrogens is 474 g/mol. The summed E-state index contributed by atoms with van der Waals surface area (Å²) in [5, 5.41) is 10.2. The predicted molar refractivity (Wildman–Crippen MR) is 143 cm³/mol. The van der Waals surface area contributed by atoms with Crippen LogP contribution in [0.25, 0.3) is 22.4 Å². The van der Waals surface area contributed by atoms with Crippen LogP contribution in [0.2, 0.25) is 0 Å². The lowest BCUT2D eigenvalue weighted by Crippen LogP contribution is -2.30. The lowest BCUT2D eigenvalue weighted by molar-refractivity contribution is -0.156. The number of rotatable bonds is 12. The number of benzene rings is 1. The summed E-state index contributed by atoms with van der Waals surface area (Å²) in [6, 6.07) is 7.75. The van der Waals surface area contributed by atoms with Gasteiger partial charge in [-0.15, -0.1) is 0 Å². The maximum atomic E-state index is 12.5. The van der Waals surface area contributed by atoms with E-state index in [2.05, 4.69) is 4.57 Å². The van der Waals surface area contributed by atoms with E-state index in [-0.39, 0.29) is 23.7 Å². The molecule has 2 aromatic heterocycles. The van der Waals surface area contributed by atoms with E-state index in [1.165, 1.54) is 0 Å². The number of nitrogens with zero attached hydrogens (tertiary/aromatic N) is 3. The number of pyridine rings is 1. The second kappa shape index (κ2) is 12.5. The number of ether oxygens (including phenoxy) is 3. The van der Waals surface area contributed by atoms with Crippen molar-refractivity contribution in [2.45, 2.75) is 58.8 Å². The van der Waals surface area contributed by atoms with Crippen molar-refractivity contribution >= 4 is 17.0 Å². The van der Waals surface area contributed by atoms with Gasteiger partial charge < -0.3 is 28.5 Å². The zero-order chi connectivity index (χ0) is 27.3. The molecule has 37 heavy (non-hydrogen) atoms. The van der Waals surface area contributed by atoms with Gasteiger partial charge in [0.25, 0.3) is 5.56 Å². The number of esters is 1. The number of carbonyl (C=O) groups excluding carboxylic acids is 1. The Morgan fingerprint density at radius 3 is 2.35 bits per heavy atom. The van der Waals surface area contributed by atoms with E-state index >= 15 is 0 Å². The van der Waals surface area contributed by atoms with Crippen molar-refractivity contribution in [3.8, 4) is 11.4 Å². The van der Waals surface area contributed by atoms with Gasteiger partial charge >= 0.3 is 5.97 Å². The normalized spacial score (nSPS) is 13.5. The largest absolute Gasteiger partial charge is 0.463 e. The lowest BCUT2D eigenvalue weighted by Gasteiger charge is -2.21. The Kier molecular flexibility index (Phi) is 9.64. The van der Waals surface area contributed by atoms with Crippen LogP contribution in [-0.4, -0.2) is 64.8 Å². The van der Waals surface area contributed by atoms with Crippen molar-refractivity contribution < 1.29 is 24.1 Å². The molecule has 9 heteroatoms.